The highest BCUT2D eigenvalue weighted by molar-refractivity contribution is 5.95. The van der Waals surface area contributed by atoms with Crippen molar-refractivity contribution >= 4 is 11.8 Å². The lowest BCUT2D eigenvalue weighted by atomic mass is 10.2. The Kier molecular flexibility index (Phi) is 3.69. The smallest absolute Gasteiger partial charge is 0.287 e. The monoisotopic (exact) mass is 250 g/mol. The van der Waals surface area contributed by atoms with Crippen LogP contribution in [0, 0.1) is 5.92 Å². The van der Waals surface area contributed by atoms with Crippen molar-refractivity contribution in [1.82, 2.24) is 10.6 Å². The SMILES string of the molecule is CC(NC(=O)c1ccco1)C(=O)NC(C)C1CC1. The number of hydrogen-bond donors (Lipinski definition) is 2. The van der Waals surface area contributed by atoms with E-state index in [4.69, 9.17) is 4.42 Å². The fraction of sp³-hybridized carbons (Fsp3) is 0.538. The van der Waals surface area contributed by atoms with E-state index in [2.05, 4.69) is 10.6 Å². The molecule has 5 heteroatoms. The van der Waals surface area contributed by atoms with Gasteiger partial charge in [-0.25, -0.2) is 0 Å². The van der Waals surface area contributed by atoms with E-state index in [1.54, 1.807) is 19.1 Å². The van der Waals surface area contributed by atoms with E-state index in [1.807, 2.05) is 6.92 Å². The van der Waals surface area contributed by atoms with Crippen LogP contribution in [-0.4, -0.2) is 23.9 Å². The standard InChI is InChI=1S/C13H18N2O3/c1-8(10-5-6-10)14-12(16)9(2)15-13(17)11-4-3-7-18-11/h3-4,7-10H,5-6H2,1-2H3,(H,14,16)(H,15,17). The van der Waals surface area contributed by atoms with Crippen LogP contribution in [-0.2, 0) is 4.79 Å². The summed E-state index contributed by atoms with van der Waals surface area (Å²) in [5.74, 6) is 0.280. The van der Waals surface area contributed by atoms with Crippen LogP contribution in [0.5, 0.6) is 0 Å². The Balaban J connectivity index is 1.81. The molecule has 1 aliphatic rings. The summed E-state index contributed by atoms with van der Waals surface area (Å²) >= 11 is 0. The van der Waals surface area contributed by atoms with Gasteiger partial charge >= 0.3 is 0 Å². The van der Waals surface area contributed by atoms with Gasteiger partial charge in [-0.1, -0.05) is 0 Å². The van der Waals surface area contributed by atoms with Gasteiger partial charge in [0.1, 0.15) is 6.04 Å². The van der Waals surface area contributed by atoms with E-state index in [-0.39, 0.29) is 23.6 Å². The summed E-state index contributed by atoms with van der Waals surface area (Å²) in [5, 5.41) is 5.51. The first-order valence-electron chi connectivity index (χ1n) is 6.22. The molecule has 1 aliphatic carbocycles. The molecule has 1 aromatic rings. The number of furan rings is 1. The fourth-order valence-corrected chi connectivity index (χ4v) is 1.80. The molecule has 5 nitrogen and oxygen atoms in total. The van der Waals surface area contributed by atoms with Crippen LogP contribution in [0.4, 0.5) is 0 Å². The van der Waals surface area contributed by atoms with Crippen LogP contribution in [0.25, 0.3) is 0 Å². The minimum atomic E-state index is -0.566. The van der Waals surface area contributed by atoms with Gasteiger partial charge in [0.15, 0.2) is 5.76 Å². The molecule has 0 aliphatic heterocycles. The van der Waals surface area contributed by atoms with Crippen LogP contribution in [0.3, 0.4) is 0 Å². The van der Waals surface area contributed by atoms with Gasteiger partial charge < -0.3 is 15.1 Å². The predicted octanol–water partition coefficient (Wildman–Crippen LogP) is 1.31. The molecule has 98 valence electrons. The first kappa shape index (κ1) is 12.7. The summed E-state index contributed by atoms with van der Waals surface area (Å²) in [6.07, 6.45) is 3.78. The van der Waals surface area contributed by atoms with E-state index in [0.29, 0.717) is 5.92 Å². The minimum absolute atomic E-state index is 0.158. The molecule has 2 unspecified atom stereocenters. The third-order valence-corrected chi connectivity index (χ3v) is 3.18. The molecule has 1 aromatic heterocycles. The quantitative estimate of drug-likeness (QED) is 0.827. The summed E-state index contributed by atoms with van der Waals surface area (Å²) in [4.78, 5) is 23.5. The lowest BCUT2D eigenvalue weighted by Crippen LogP contribution is -2.47. The van der Waals surface area contributed by atoms with Crippen LogP contribution in [0.2, 0.25) is 0 Å². The molecular formula is C13H18N2O3. The van der Waals surface area contributed by atoms with Gasteiger partial charge in [-0.05, 0) is 44.7 Å². The third-order valence-electron chi connectivity index (χ3n) is 3.18. The Bertz CT molecular complexity index is 423. The number of amides is 2. The molecule has 1 saturated carbocycles. The number of nitrogens with one attached hydrogen (secondary N) is 2. The van der Waals surface area contributed by atoms with E-state index >= 15 is 0 Å². The predicted molar refractivity (Wildman–Crippen MR) is 66.0 cm³/mol. The van der Waals surface area contributed by atoms with Gasteiger partial charge in [-0.3, -0.25) is 9.59 Å². The van der Waals surface area contributed by atoms with Crippen molar-refractivity contribution in [3.8, 4) is 0 Å². The van der Waals surface area contributed by atoms with Gasteiger partial charge in [0.05, 0.1) is 6.26 Å². The van der Waals surface area contributed by atoms with Crippen molar-refractivity contribution in [3.63, 3.8) is 0 Å². The van der Waals surface area contributed by atoms with Gasteiger partial charge in [0.2, 0.25) is 5.91 Å². The van der Waals surface area contributed by atoms with Crippen molar-refractivity contribution < 1.29 is 14.0 Å². The van der Waals surface area contributed by atoms with Gasteiger partial charge in [-0.15, -0.1) is 0 Å². The lowest BCUT2D eigenvalue weighted by molar-refractivity contribution is -0.123. The van der Waals surface area contributed by atoms with Crippen LogP contribution in [0.1, 0.15) is 37.2 Å². The first-order valence-corrected chi connectivity index (χ1v) is 6.22. The first-order chi connectivity index (χ1) is 8.58. The molecule has 2 amide bonds. The van der Waals surface area contributed by atoms with Crippen molar-refractivity contribution in [3.05, 3.63) is 24.2 Å². The number of hydrogen-bond acceptors (Lipinski definition) is 3. The van der Waals surface area contributed by atoms with Crippen LogP contribution >= 0.6 is 0 Å². The highest BCUT2D eigenvalue weighted by Crippen LogP contribution is 2.32. The molecule has 0 bridgehead atoms. The summed E-state index contributed by atoms with van der Waals surface area (Å²) in [6.45, 7) is 3.66. The molecule has 0 aromatic carbocycles. The van der Waals surface area contributed by atoms with E-state index in [9.17, 15) is 9.59 Å². The Hall–Kier alpha value is -1.78. The summed E-state index contributed by atoms with van der Waals surface area (Å²) < 4.78 is 4.96. The molecule has 1 fully saturated rings. The van der Waals surface area contributed by atoms with Gasteiger partial charge in [0.25, 0.3) is 5.91 Å². The second kappa shape index (κ2) is 5.25. The summed E-state index contributed by atoms with van der Waals surface area (Å²) in [7, 11) is 0. The van der Waals surface area contributed by atoms with Crippen molar-refractivity contribution in [1.29, 1.82) is 0 Å². The van der Waals surface area contributed by atoms with E-state index in [1.165, 1.54) is 19.1 Å². The number of carbonyl (C=O) groups excluding carboxylic acids is 2. The summed E-state index contributed by atoms with van der Waals surface area (Å²) in [6, 6.07) is 2.81. The normalized spacial score (nSPS) is 17.9. The van der Waals surface area contributed by atoms with Gasteiger partial charge in [-0.2, -0.15) is 0 Å². The zero-order chi connectivity index (χ0) is 13.1. The maximum Gasteiger partial charge on any atom is 0.287 e. The molecule has 0 spiro atoms. The van der Waals surface area contributed by atoms with Crippen LogP contribution in [0.15, 0.2) is 22.8 Å². The van der Waals surface area contributed by atoms with Gasteiger partial charge in [0, 0.05) is 6.04 Å². The molecular weight excluding hydrogens is 232 g/mol. The number of rotatable bonds is 5. The van der Waals surface area contributed by atoms with E-state index in [0.717, 1.165) is 0 Å². The number of carbonyl (C=O) groups is 2. The molecule has 2 atom stereocenters. The maximum absolute atomic E-state index is 11.8. The average Bonchev–Trinajstić information content (AvgIpc) is 3.04. The topological polar surface area (TPSA) is 71.3 Å². The third kappa shape index (κ3) is 3.12. The molecule has 0 saturated heterocycles. The Labute approximate surface area is 106 Å². The highest BCUT2D eigenvalue weighted by Gasteiger charge is 2.30. The second-order valence-corrected chi connectivity index (χ2v) is 4.81. The van der Waals surface area contributed by atoms with Crippen molar-refractivity contribution in [2.24, 2.45) is 5.92 Å². The second-order valence-electron chi connectivity index (χ2n) is 4.81. The van der Waals surface area contributed by atoms with E-state index < -0.39 is 6.04 Å². The average molecular weight is 250 g/mol. The fourth-order valence-electron chi connectivity index (χ4n) is 1.80. The van der Waals surface area contributed by atoms with Crippen molar-refractivity contribution in [2.45, 2.75) is 38.8 Å². The molecule has 0 radical (unpaired) electrons. The molecule has 2 N–H and O–H groups in total. The summed E-state index contributed by atoms with van der Waals surface area (Å²) in [5.41, 5.74) is 0. The maximum atomic E-state index is 11.8. The van der Waals surface area contributed by atoms with Crippen LogP contribution < -0.4 is 10.6 Å². The molecule has 2 rings (SSSR count). The lowest BCUT2D eigenvalue weighted by Gasteiger charge is -2.17. The largest absolute Gasteiger partial charge is 0.459 e. The highest BCUT2D eigenvalue weighted by atomic mass is 16.3. The molecule has 1 heterocycles. The molecule has 18 heavy (non-hydrogen) atoms. The Morgan fingerprint density at radius 3 is 2.61 bits per heavy atom. The Morgan fingerprint density at radius 1 is 1.33 bits per heavy atom. The minimum Gasteiger partial charge on any atom is -0.459 e. The Morgan fingerprint density at radius 2 is 2.06 bits per heavy atom. The zero-order valence-corrected chi connectivity index (χ0v) is 10.6. The zero-order valence-electron chi connectivity index (χ0n) is 10.6. The van der Waals surface area contributed by atoms with Crippen molar-refractivity contribution in [2.75, 3.05) is 0 Å².